The maximum atomic E-state index is 12.0. The number of nitrogens with one attached hydrogen (secondary N) is 2. The molecular weight excluding hydrogens is 304 g/mol. The molecule has 3 rings (SSSR count). The Hall–Kier alpha value is -1.98. The molecule has 1 aromatic heterocycles. The third kappa shape index (κ3) is 3.10. The molecule has 1 aromatic carbocycles. The number of anilines is 1. The highest BCUT2D eigenvalue weighted by atomic mass is 35.5. The third-order valence-electron chi connectivity index (χ3n) is 3.84. The van der Waals surface area contributed by atoms with Gasteiger partial charge in [0.15, 0.2) is 0 Å². The monoisotopic (exact) mass is 320 g/mol. The second kappa shape index (κ2) is 6.02. The van der Waals surface area contributed by atoms with Crippen LogP contribution >= 0.6 is 11.6 Å². The summed E-state index contributed by atoms with van der Waals surface area (Å²) in [5.41, 5.74) is -0.643. The summed E-state index contributed by atoms with van der Waals surface area (Å²) in [6.07, 6.45) is 3.36. The maximum Gasteiger partial charge on any atom is 0.319 e. The zero-order valence-electron chi connectivity index (χ0n) is 11.9. The van der Waals surface area contributed by atoms with Gasteiger partial charge in [-0.2, -0.15) is 0 Å². The van der Waals surface area contributed by atoms with E-state index in [4.69, 9.17) is 16.0 Å². The number of para-hydroxylation sites is 1. The van der Waals surface area contributed by atoms with Gasteiger partial charge in [0.25, 0.3) is 0 Å². The van der Waals surface area contributed by atoms with Gasteiger partial charge in [0, 0.05) is 0 Å². The molecule has 0 spiro atoms. The quantitative estimate of drug-likeness (QED) is 0.791. The molecule has 3 N–H and O–H groups in total. The maximum absolute atomic E-state index is 12.0. The standard InChI is InChI=1S/C16H17ClN2O3/c17-12-4-1-2-5-13(12)19-15(20)18-10-16(21,11-7-8-11)14-6-3-9-22-14/h1-6,9,11,21H,7-8,10H2,(H2,18,19,20). The van der Waals surface area contributed by atoms with Crippen LogP contribution < -0.4 is 10.6 Å². The van der Waals surface area contributed by atoms with Crippen LogP contribution in [-0.4, -0.2) is 17.7 Å². The predicted molar refractivity (Wildman–Crippen MR) is 83.8 cm³/mol. The molecular formula is C16H17ClN2O3. The van der Waals surface area contributed by atoms with Crippen LogP contribution in [0.1, 0.15) is 18.6 Å². The highest BCUT2D eigenvalue weighted by Gasteiger charge is 2.47. The Balaban J connectivity index is 1.63. The van der Waals surface area contributed by atoms with Gasteiger partial charge < -0.3 is 20.2 Å². The molecule has 1 atom stereocenters. The first-order chi connectivity index (χ1) is 10.6. The van der Waals surface area contributed by atoms with Crippen LogP contribution in [0.15, 0.2) is 47.1 Å². The lowest BCUT2D eigenvalue weighted by atomic mass is 9.94. The van der Waals surface area contributed by atoms with Gasteiger partial charge in [-0.3, -0.25) is 0 Å². The summed E-state index contributed by atoms with van der Waals surface area (Å²) in [4.78, 5) is 12.0. The Morgan fingerprint density at radius 3 is 2.73 bits per heavy atom. The largest absolute Gasteiger partial charge is 0.466 e. The molecule has 1 saturated carbocycles. The van der Waals surface area contributed by atoms with Crippen LogP contribution in [0.25, 0.3) is 0 Å². The first-order valence-electron chi connectivity index (χ1n) is 7.15. The van der Waals surface area contributed by atoms with E-state index < -0.39 is 11.6 Å². The van der Waals surface area contributed by atoms with Crippen molar-refractivity contribution in [2.24, 2.45) is 5.92 Å². The molecule has 0 radical (unpaired) electrons. The van der Waals surface area contributed by atoms with E-state index in [-0.39, 0.29) is 12.5 Å². The van der Waals surface area contributed by atoms with Gasteiger partial charge in [-0.25, -0.2) is 4.79 Å². The molecule has 0 aliphatic heterocycles. The Kier molecular flexibility index (Phi) is 4.09. The van der Waals surface area contributed by atoms with Gasteiger partial charge in [0.2, 0.25) is 0 Å². The van der Waals surface area contributed by atoms with E-state index in [9.17, 15) is 9.90 Å². The number of carbonyl (C=O) groups excluding carboxylic acids is 1. The first kappa shape index (κ1) is 14.9. The number of hydrogen-bond donors (Lipinski definition) is 3. The molecule has 2 aromatic rings. The van der Waals surface area contributed by atoms with Crippen molar-refractivity contribution in [3.8, 4) is 0 Å². The minimum atomic E-state index is -1.17. The lowest BCUT2D eigenvalue weighted by Gasteiger charge is -2.26. The number of furan rings is 1. The fourth-order valence-electron chi connectivity index (χ4n) is 2.46. The number of benzene rings is 1. The number of aliphatic hydroxyl groups is 1. The van der Waals surface area contributed by atoms with E-state index in [2.05, 4.69) is 10.6 Å². The summed E-state index contributed by atoms with van der Waals surface area (Å²) >= 11 is 5.99. The summed E-state index contributed by atoms with van der Waals surface area (Å²) in [6, 6.07) is 10.0. The van der Waals surface area contributed by atoms with Crippen molar-refractivity contribution in [2.45, 2.75) is 18.4 Å². The highest BCUT2D eigenvalue weighted by Crippen LogP contribution is 2.45. The number of hydrogen-bond acceptors (Lipinski definition) is 3. The van der Waals surface area contributed by atoms with Gasteiger partial charge in [-0.05, 0) is 43.0 Å². The van der Waals surface area contributed by atoms with E-state index in [0.717, 1.165) is 12.8 Å². The van der Waals surface area contributed by atoms with Crippen molar-refractivity contribution >= 4 is 23.3 Å². The zero-order chi connectivity index (χ0) is 15.6. The molecule has 1 aliphatic carbocycles. The summed E-state index contributed by atoms with van der Waals surface area (Å²) in [7, 11) is 0. The minimum Gasteiger partial charge on any atom is -0.466 e. The molecule has 0 bridgehead atoms. The molecule has 6 heteroatoms. The van der Waals surface area contributed by atoms with E-state index in [0.29, 0.717) is 16.5 Å². The van der Waals surface area contributed by atoms with Gasteiger partial charge >= 0.3 is 6.03 Å². The SMILES string of the molecule is O=C(NCC(O)(c1ccco1)C1CC1)Nc1ccccc1Cl. The summed E-state index contributed by atoms with van der Waals surface area (Å²) < 4.78 is 5.33. The fourth-order valence-corrected chi connectivity index (χ4v) is 2.65. The van der Waals surface area contributed by atoms with Crippen molar-refractivity contribution in [2.75, 3.05) is 11.9 Å². The highest BCUT2D eigenvalue weighted by molar-refractivity contribution is 6.33. The normalized spacial score (nSPS) is 16.8. The van der Waals surface area contributed by atoms with Gasteiger partial charge in [0.05, 0.1) is 23.5 Å². The molecule has 1 fully saturated rings. The zero-order valence-corrected chi connectivity index (χ0v) is 12.6. The Morgan fingerprint density at radius 2 is 2.09 bits per heavy atom. The second-order valence-corrected chi connectivity index (χ2v) is 5.87. The van der Waals surface area contributed by atoms with Crippen molar-refractivity contribution in [1.82, 2.24) is 5.32 Å². The number of urea groups is 1. The van der Waals surface area contributed by atoms with Crippen molar-refractivity contribution in [3.05, 3.63) is 53.4 Å². The topological polar surface area (TPSA) is 74.5 Å². The average molecular weight is 321 g/mol. The number of carbonyl (C=O) groups is 1. The number of rotatable bonds is 5. The van der Waals surface area contributed by atoms with Crippen LogP contribution in [0, 0.1) is 5.92 Å². The summed E-state index contributed by atoms with van der Waals surface area (Å²) in [5.74, 6) is 0.590. The Labute approximate surface area is 133 Å². The predicted octanol–water partition coefficient (Wildman–Crippen LogP) is 3.35. The molecule has 22 heavy (non-hydrogen) atoms. The van der Waals surface area contributed by atoms with Gasteiger partial charge in [-0.1, -0.05) is 23.7 Å². The van der Waals surface area contributed by atoms with Gasteiger partial charge in [0.1, 0.15) is 11.4 Å². The third-order valence-corrected chi connectivity index (χ3v) is 4.17. The van der Waals surface area contributed by atoms with Crippen molar-refractivity contribution in [3.63, 3.8) is 0 Å². The van der Waals surface area contributed by atoms with Crippen LogP contribution in [0.3, 0.4) is 0 Å². The molecule has 1 heterocycles. The smallest absolute Gasteiger partial charge is 0.319 e. The van der Waals surface area contributed by atoms with E-state index in [1.807, 2.05) is 0 Å². The molecule has 1 aliphatic rings. The molecule has 2 amide bonds. The van der Waals surface area contributed by atoms with Gasteiger partial charge in [-0.15, -0.1) is 0 Å². The molecule has 5 nitrogen and oxygen atoms in total. The van der Waals surface area contributed by atoms with Crippen LogP contribution in [0.4, 0.5) is 10.5 Å². The first-order valence-corrected chi connectivity index (χ1v) is 7.53. The van der Waals surface area contributed by atoms with E-state index in [1.54, 1.807) is 36.4 Å². The van der Waals surface area contributed by atoms with E-state index >= 15 is 0 Å². The minimum absolute atomic E-state index is 0.0848. The van der Waals surface area contributed by atoms with Crippen LogP contribution in [-0.2, 0) is 5.60 Å². The van der Waals surface area contributed by atoms with Crippen molar-refractivity contribution < 1.29 is 14.3 Å². The Morgan fingerprint density at radius 1 is 1.32 bits per heavy atom. The lowest BCUT2D eigenvalue weighted by molar-refractivity contribution is -0.00414. The van der Waals surface area contributed by atoms with Crippen LogP contribution in [0.2, 0.25) is 5.02 Å². The van der Waals surface area contributed by atoms with E-state index in [1.165, 1.54) is 6.26 Å². The molecule has 0 saturated heterocycles. The summed E-state index contributed by atoms with van der Waals surface area (Å²) in [6.45, 7) is 0.0848. The second-order valence-electron chi connectivity index (χ2n) is 5.46. The lowest BCUT2D eigenvalue weighted by Crippen LogP contribution is -2.43. The Bertz CT molecular complexity index is 655. The molecule has 116 valence electrons. The fraction of sp³-hybridized carbons (Fsp3) is 0.312. The molecule has 1 unspecified atom stereocenters. The number of halogens is 1. The average Bonchev–Trinajstić information content (AvgIpc) is 3.22. The summed E-state index contributed by atoms with van der Waals surface area (Å²) in [5, 5.41) is 16.6. The number of amides is 2. The van der Waals surface area contributed by atoms with Crippen LogP contribution in [0.5, 0.6) is 0 Å². The van der Waals surface area contributed by atoms with Crippen molar-refractivity contribution in [1.29, 1.82) is 0 Å².